The topological polar surface area (TPSA) is 79.8 Å². The van der Waals surface area contributed by atoms with Crippen LogP contribution < -0.4 is 20.1 Å². The number of benzene rings is 3. The number of carbonyl (C=O) groups is 1. The summed E-state index contributed by atoms with van der Waals surface area (Å²) in [6, 6.07) is 13.4. The fourth-order valence-electron chi connectivity index (χ4n) is 6.15. The SMILES string of the molecule is Cc1c(OCC(C2CCCCC2)C2(c3ccc(Cl)cc3)Nc3cc(F)c(F)cc3N2)ccc(OC(C)(C)C(=O)O)c1C. The molecule has 2 aliphatic rings. The molecule has 0 aromatic heterocycles. The van der Waals surface area contributed by atoms with Gasteiger partial charge in [-0.3, -0.25) is 0 Å². The minimum Gasteiger partial charge on any atom is -0.493 e. The summed E-state index contributed by atoms with van der Waals surface area (Å²) < 4.78 is 41.1. The molecule has 1 atom stereocenters. The second kappa shape index (κ2) is 11.6. The standard InChI is InChI=1S/C33H37ClF2N2O4/c1-19-20(2)30(42-32(3,4)31(39)40)15-14-29(19)41-18-24(21-8-6-5-7-9-21)33(22-10-12-23(34)13-11-22)37-27-16-25(35)26(36)17-28(27)38-33/h10-17,21,24,37-38H,5-9,18H2,1-4H3,(H,39,40). The largest absolute Gasteiger partial charge is 0.493 e. The highest BCUT2D eigenvalue weighted by Crippen LogP contribution is 2.49. The molecule has 1 fully saturated rings. The van der Waals surface area contributed by atoms with Crippen molar-refractivity contribution in [2.45, 2.75) is 71.1 Å². The van der Waals surface area contributed by atoms with Gasteiger partial charge in [-0.1, -0.05) is 43.0 Å². The molecule has 42 heavy (non-hydrogen) atoms. The first-order chi connectivity index (χ1) is 19.9. The fourth-order valence-corrected chi connectivity index (χ4v) is 6.28. The first kappa shape index (κ1) is 30.0. The van der Waals surface area contributed by atoms with Gasteiger partial charge in [0.1, 0.15) is 17.2 Å². The number of hydrogen-bond acceptors (Lipinski definition) is 5. The van der Waals surface area contributed by atoms with Crippen LogP contribution in [0.15, 0.2) is 48.5 Å². The first-order valence-corrected chi connectivity index (χ1v) is 14.8. The zero-order chi connectivity index (χ0) is 30.2. The Kier molecular flexibility index (Phi) is 8.30. The molecule has 1 heterocycles. The van der Waals surface area contributed by atoms with Gasteiger partial charge in [-0.25, -0.2) is 13.6 Å². The minimum absolute atomic E-state index is 0.140. The Labute approximate surface area is 250 Å². The molecule has 6 nitrogen and oxygen atoms in total. The van der Waals surface area contributed by atoms with Gasteiger partial charge in [0.25, 0.3) is 0 Å². The molecule has 1 aliphatic heterocycles. The van der Waals surface area contributed by atoms with E-state index in [9.17, 15) is 18.7 Å². The van der Waals surface area contributed by atoms with Crippen molar-refractivity contribution in [3.63, 3.8) is 0 Å². The van der Waals surface area contributed by atoms with Crippen LogP contribution in [0.2, 0.25) is 5.02 Å². The summed E-state index contributed by atoms with van der Waals surface area (Å²) in [5.41, 5.74) is 1.20. The van der Waals surface area contributed by atoms with Gasteiger partial charge < -0.3 is 25.2 Å². The molecule has 9 heteroatoms. The van der Waals surface area contributed by atoms with Gasteiger partial charge in [0.05, 0.1) is 18.0 Å². The average Bonchev–Trinajstić information content (AvgIpc) is 3.32. The van der Waals surface area contributed by atoms with E-state index in [0.29, 0.717) is 34.5 Å². The number of carboxylic acids is 1. The van der Waals surface area contributed by atoms with Crippen molar-refractivity contribution in [2.75, 3.05) is 17.2 Å². The molecule has 224 valence electrons. The van der Waals surface area contributed by atoms with Crippen molar-refractivity contribution in [3.05, 3.63) is 81.9 Å². The van der Waals surface area contributed by atoms with E-state index in [4.69, 9.17) is 21.1 Å². The molecule has 0 saturated heterocycles. The number of ether oxygens (including phenoxy) is 2. The summed E-state index contributed by atoms with van der Waals surface area (Å²) in [6.45, 7) is 7.13. The van der Waals surface area contributed by atoms with E-state index in [1.807, 2.05) is 38.1 Å². The lowest BCUT2D eigenvalue weighted by molar-refractivity contribution is -0.152. The second-order valence-electron chi connectivity index (χ2n) is 11.9. The normalized spacial score (nSPS) is 17.1. The Morgan fingerprint density at radius 2 is 1.52 bits per heavy atom. The summed E-state index contributed by atoms with van der Waals surface area (Å²) in [5, 5.41) is 17.2. The average molecular weight is 599 g/mol. The summed E-state index contributed by atoms with van der Waals surface area (Å²) in [6.07, 6.45) is 5.36. The lowest BCUT2D eigenvalue weighted by atomic mass is 9.72. The molecular weight excluding hydrogens is 562 g/mol. The van der Waals surface area contributed by atoms with Crippen LogP contribution in [0.25, 0.3) is 0 Å². The maximum absolute atomic E-state index is 14.3. The molecule has 0 amide bonds. The van der Waals surface area contributed by atoms with Gasteiger partial charge in [-0.2, -0.15) is 0 Å². The molecular formula is C33H37ClF2N2O4. The van der Waals surface area contributed by atoms with Crippen LogP contribution in [0, 0.1) is 37.3 Å². The number of hydrogen-bond donors (Lipinski definition) is 3. The third-order valence-corrected chi connectivity index (χ3v) is 9.04. The van der Waals surface area contributed by atoms with Crippen LogP contribution in [-0.4, -0.2) is 23.3 Å². The van der Waals surface area contributed by atoms with E-state index < -0.39 is 28.9 Å². The van der Waals surface area contributed by atoms with Crippen LogP contribution >= 0.6 is 11.6 Å². The second-order valence-corrected chi connectivity index (χ2v) is 12.4. The van der Waals surface area contributed by atoms with Gasteiger partial charge in [0, 0.05) is 23.1 Å². The van der Waals surface area contributed by atoms with Gasteiger partial charge in [-0.15, -0.1) is 0 Å². The number of anilines is 2. The Hall–Kier alpha value is -3.52. The number of rotatable bonds is 9. The molecule has 0 bridgehead atoms. The van der Waals surface area contributed by atoms with Crippen molar-refractivity contribution in [3.8, 4) is 11.5 Å². The van der Waals surface area contributed by atoms with Gasteiger partial charge in [0.15, 0.2) is 17.2 Å². The highest BCUT2D eigenvalue weighted by molar-refractivity contribution is 6.30. The van der Waals surface area contributed by atoms with Crippen molar-refractivity contribution < 1.29 is 28.2 Å². The van der Waals surface area contributed by atoms with Crippen LogP contribution in [0.3, 0.4) is 0 Å². The number of halogens is 3. The molecule has 1 saturated carbocycles. The van der Waals surface area contributed by atoms with Crippen LogP contribution in [0.4, 0.5) is 20.2 Å². The lowest BCUT2D eigenvalue weighted by Crippen LogP contribution is -2.51. The first-order valence-electron chi connectivity index (χ1n) is 14.4. The summed E-state index contributed by atoms with van der Waals surface area (Å²) >= 11 is 6.26. The molecule has 1 aliphatic carbocycles. The quantitative estimate of drug-likeness (QED) is 0.229. The molecule has 5 rings (SSSR count). The van der Waals surface area contributed by atoms with E-state index in [1.54, 1.807) is 12.1 Å². The predicted octanol–water partition coefficient (Wildman–Crippen LogP) is 8.44. The van der Waals surface area contributed by atoms with Gasteiger partial charge in [0.2, 0.25) is 0 Å². The van der Waals surface area contributed by atoms with E-state index in [2.05, 4.69) is 10.6 Å². The minimum atomic E-state index is -1.38. The number of aliphatic carboxylic acids is 1. The Bertz CT molecular complexity index is 1440. The van der Waals surface area contributed by atoms with E-state index in [0.717, 1.165) is 42.4 Å². The fraction of sp³-hybridized carbons (Fsp3) is 0.424. The molecule has 3 N–H and O–H groups in total. The van der Waals surface area contributed by atoms with Crippen LogP contribution in [-0.2, 0) is 10.5 Å². The molecule has 0 radical (unpaired) electrons. The number of carboxylic acid groups (broad SMARTS) is 1. The Morgan fingerprint density at radius 3 is 2.10 bits per heavy atom. The van der Waals surface area contributed by atoms with Crippen molar-refractivity contribution in [1.29, 1.82) is 0 Å². The number of fused-ring (bicyclic) bond motifs is 1. The smallest absolute Gasteiger partial charge is 0.347 e. The van der Waals surface area contributed by atoms with Crippen LogP contribution in [0.5, 0.6) is 11.5 Å². The van der Waals surface area contributed by atoms with E-state index >= 15 is 0 Å². The van der Waals surface area contributed by atoms with E-state index in [-0.39, 0.29) is 11.8 Å². The van der Waals surface area contributed by atoms with Crippen LogP contribution in [0.1, 0.15) is 62.6 Å². The highest BCUT2D eigenvalue weighted by atomic mass is 35.5. The molecule has 3 aromatic carbocycles. The summed E-state index contributed by atoms with van der Waals surface area (Å²) in [4.78, 5) is 11.6. The maximum atomic E-state index is 14.3. The summed E-state index contributed by atoms with van der Waals surface area (Å²) in [7, 11) is 0. The highest BCUT2D eigenvalue weighted by Gasteiger charge is 2.49. The van der Waals surface area contributed by atoms with Crippen molar-refractivity contribution in [1.82, 2.24) is 0 Å². The van der Waals surface area contributed by atoms with E-state index in [1.165, 1.54) is 32.4 Å². The molecule has 3 aromatic rings. The third kappa shape index (κ3) is 5.74. The van der Waals surface area contributed by atoms with Gasteiger partial charge >= 0.3 is 5.97 Å². The Balaban J connectivity index is 1.52. The molecule has 0 spiro atoms. The number of nitrogens with one attached hydrogen (secondary N) is 2. The molecule has 1 unspecified atom stereocenters. The maximum Gasteiger partial charge on any atom is 0.347 e. The zero-order valence-electron chi connectivity index (χ0n) is 24.3. The summed E-state index contributed by atoms with van der Waals surface area (Å²) in [5.74, 6) is -1.63. The predicted molar refractivity (Wildman–Crippen MR) is 161 cm³/mol. The monoisotopic (exact) mass is 598 g/mol. The van der Waals surface area contributed by atoms with Crippen molar-refractivity contribution in [2.24, 2.45) is 11.8 Å². The zero-order valence-corrected chi connectivity index (χ0v) is 25.1. The lowest BCUT2D eigenvalue weighted by Gasteiger charge is -2.44. The van der Waals surface area contributed by atoms with Crippen molar-refractivity contribution >= 4 is 28.9 Å². The third-order valence-electron chi connectivity index (χ3n) is 8.79. The Morgan fingerprint density at radius 1 is 0.976 bits per heavy atom. The van der Waals surface area contributed by atoms with Gasteiger partial charge in [-0.05, 0) is 87.4 Å².